The van der Waals surface area contributed by atoms with E-state index in [0.717, 1.165) is 6.54 Å². The minimum atomic E-state index is -0.310. The number of hydrogen-bond acceptors (Lipinski definition) is 2. The van der Waals surface area contributed by atoms with Crippen LogP contribution in [0.5, 0.6) is 0 Å². The standard InChI is InChI=1S/C7H12ClNO/c1-9(2)6-4-3-5-7(8)10/h3-4H,5-6H2,1-2H3/b4-3+. The lowest BCUT2D eigenvalue weighted by molar-refractivity contribution is -0.110. The number of halogens is 1. The number of allylic oxidation sites excluding steroid dienone is 1. The van der Waals surface area contributed by atoms with E-state index in [0.29, 0.717) is 6.42 Å². The SMILES string of the molecule is CN(C)C/C=C/CC(=O)Cl. The summed E-state index contributed by atoms with van der Waals surface area (Å²) in [6, 6.07) is 0. The van der Waals surface area contributed by atoms with Crippen molar-refractivity contribution in [2.45, 2.75) is 6.42 Å². The van der Waals surface area contributed by atoms with E-state index in [1.165, 1.54) is 0 Å². The Morgan fingerprint density at radius 2 is 2.10 bits per heavy atom. The highest BCUT2D eigenvalue weighted by Gasteiger charge is 1.88. The third kappa shape index (κ3) is 7.66. The van der Waals surface area contributed by atoms with Gasteiger partial charge in [-0.25, -0.2) is 0 Å². The molecule has 0 spiro atoms. The molecule has 0 aromatic heterocycles. The minimum Gasteiger partial charge on any atom is -0.306 e. The van der Waals surface area contributed by atoms with E-state index >= 15 is 0 Å². The van der Waals surface area contributed by atoms with E-state index in [1.807, 2.05) is 25.1 Å². The molecule has 0 aromatic rings. The number of nitrogens with zero attached hydrogens (tertiary/aromatic N) is 1. The summed E-state index contributed by atoms with van der Waals surface area (Å²) in [7, 11) is 3.93. The second-order valence-electron chi connectivity index (χ2n) is 2.29. The molecule has 0 saturated carbocycles. The van der Waals surface area contributed by atoms with Gasteiger partial charge in [-0.2, -0.15) is 0 Å². The van der Waals surface area contributed by atoms with Crippen molar-refractivity contribution in [1.82, 2.24) is 4.90 Å². The molecule has 0 unspecified atom stereocenters. The van der Waals surface area contributed by atoms with Gasteiger partial charge >= 0.3 is 0 Å². The number of hydrogen-bond donors (Lipinski definition) is 0. The summed E-state index contributed by atoms with van der Waals surface area (Å²) in [5, 5.41) is -0.310. The van der Waals surface area contributed by atoms with Crippen LogP contribution in [0.4, 0.5) is 0 Å². The molecule has 0 heterocycles. The number of carbonyl (C=O) groups is 1. The fourth-order valence-corrected chi connectivity index (χ4v) is 0.550. The van der Waals surface area contributed by atoms with Crippen molar-refractivity contribution in [3.8, 4) is 0 Å². The molecule has 10 heavy (non-hydrogen) atoms. The average molecular weight is 162 g/mol. The topological polar surface area (TPSA) is 20.3 Å². The summed E-state index contributed by atoms with van der Waals surface area (Å²) in [5.74, 6) is 0. The van der Waals surface area contributed by atoms with Gasteiger partial charge in [0.15, 0.2) is 0 Å². The Kier molecular flexibility index (Phi) is 5.26. The molecule has 58 valence electrons. The first-order valence-electron chi connectivity index (χ1n) is 3.11. The second kappa shape index (κ2) is 5.45. The highest BCUT2D eigenvalue weighted by Crippen LogP contribution is 1.89. The summed E-state index contributed by atoms with van der Waals surface area (Å²) in [6.45, 7) is 0.851. The first-order valence-corrected chi connectivity index (χ1v) is 3.49. The van der Waals surface area contributed by atoms with Crippen LogP contribution in [0.3, 0.4) is 0 Å². The van der Waals surface area contributed by atoms with Crippen molar-refractivity contribution in [2.75, 3.05) is 20.6 Å². The molecular formula is C7H12ClNO. The van der Waals surface area contributed by atoms with Crippen LogP contribution in [-0.2, 0) is 4.79 Å². The molecule has 0 aromatic carbocycles. The second-order valence-corrected chi connectivity index (χ2v) is 2.71. The zero-order valence-electron chi connectivity index (χ0n) is 6.30. The average Bonchev–Trinajstić information content (AvgIpc) is 1.79. The van der Waals surface area contributed by atoms with E-state index in [4.69, 9.17) is 11.6 Å². The summed E-state index contributed by atoms with van der Waals surface area (Å²) < 4.78 is 0. The van der Waals surface area contributed by atoms with Crippen molar-refractivity contribution in [3.05, 3.63) is 12.2 Å². The third-order valence-corrected chi connectivity index (χ3v) is 1.07. The molecule has 0 atom stereocenters. The largest absolute Gasteiger partial charge is 0.306 e. The van der Waals surface area contributed by atoms with Gasteiger partial charge in [0.1, 0.15) is 0 Å². The molecule has 0 radical (unpaired) electrons. The number of likely N-dealkylation sites (N-methyl/N-ethyl adjacent to an activating group) is 1. The van der Waals surface area contributed by atoms with Crippen molar-refractivity contribution < 1.29 is 4.79 Å². The molecule has 0 bridgehead atoms. The Balaban J connectivity index is 3.29. The predicted molar refractivity (Wildman–Crippen MR) is 43.2 cm³/mol. The maximum Gasteiger partial charge on any atom is 0.225 e. The lowest BCUT2D eigenvalue weighted by atomic mass is 10.4. The normalized spacial score (nSPS) is 11.2. The van der Waals surface area contributed by atoms with Crippen LogP contribution in [0.25, 0.3) is 0 Å². The van der Waals surface area contributed by atoms with Crippen LogP contribution in [0.15, 0.2) is 12.2 Å². The lowest BCUT2D eigenvalue weighted by Gasteiger charge is -2.02. The quantitative estimate of drug-likeness (QED) is 0.457. The highest BCUT2D eigenvalue weighted by molar-refractivity contribution is 6.63. The molecule has 0 amide bonds. The van der Waals surface area contributed by atoms with Gasteiger partial charge in [-0.3, -0.25) is 4.79 Å². The Hall–Kier alpha value is -0.340. The third-order valence-electron chi connectivity index (χ3n) is 0.916. The minimum absolute atomic E-state index is 0.310. The zero-order valence-corrected chi connectivity index (χ0v) is 7.06. The number of carbonyl (C=O) groups excluding carboxylic acids is 1. The molecule has 0 N–H and O–H groups in total. The van der Waals surface area contributed by atoms with Gasteiger partial charge in [-0.15, -0.1) is 0 Å². The van der Waals surface area contributed by atoms with Gasteiger partial charge in [-0.05, 0) is 25.7 Å². The van der Waals surface area contributed by atoms with Gasteiger partial charge in [0.05, 0.1) is 0 Å². The summed E-state index contributed by atoms with van der Waals surface area (Å²) in [4.78, 5) is 12.2. The maximum atomic E-state index is 10.2. The van der Waals surface area contributed by atoms with Crippen molar-refractivity contribution >= 4 is 16.8 Å². The Bertz CT molecular complexity index is 132. The van der Waals surface area contributed by atoms with Gasteiger partial charge in [0.2, 0.25) is 5.24 Å². The van der Waals surface area contributed by atoms with Gasteiger partial charge in [0.25, 0.3) is 0 Å². The van der Waals surface area contributed by atoms with E-state index in [2.05, 4.69) is 0 Å². The Morgan fingerprint density at radius 1 is 1.50 bits per heavy atom. The van der Waals surface area contributed by atoms with Crippen molar-refractivity contribution in [2.24, 2.45) is 0 Å². The molecule has 2 nitrogen and oxygen atoms in total. The lowest BCUT2D eigenvalue weighted by Crippen LogP contribution is -2.10. The first-order chi connectivity index (χ1) is 4.63. The fourth-order valence-electron chi connectivity index (χ4n) is 0.461. The van der Waals surface area contributed by atoms with E-state index < -0.39 is 0 Å². The van der Waals surface area contributed by atoms with Crippen LogP contribution in [0.2, 0.25) is 0 Å². The fraction of sp³-hybridized carbons (Fsp3) is 0.571. The van der Waals surface area contributed by atoms with Crippen LogP contribution < -0.4 is 0 Å². The van der Waals surface area contributed by atoms with Crippen molar-refractivity contribution in [3.63, 3.8) is 0 Å². The van der Waals surface area contributed by atoms with Gasteiger partial charge in [0, 0.05) is 13.0 Å². The van der Waals surface area contributed by atoms with Gasteiger partial charge in [-0.1, -0.05) is 12.2 Å². The predicted octanol–water partition coefficient (Wildman–Crippen LogP) is 1.26. The van der Waals surface area contributed by atoms with Gasteiger partial charge < -0.3 is 4.90 Å². The summed E-state index contributed by atoms with van der Waals surface area (Å²) in [5.41, 5.74) is 0. The first kappa shape index (κ1) is 9.66. The molecule has 3 heteroatoms. The van der Waals surface area contributed by atoms with Crippen LogP contribution in [-0.4, -0.2) is 30.8 Å². The van der Waals surface area contributed by atoms with Crippen LogP contribution in [0, 0.1) is 0 Å². The van der Waals surface area contributed by atoms with Crippen LogP contribution >= 0.6 is 11.6 Å². The number of rotatable bonds is 4. The molecule has 0 fully saturated rings. The molecule has 0 aliphatic carbocycles. The summed E-state index contributed by atoms with van der Waals surface area (Å²) >= 11 is 5.09. The smallest absolute Gasteiger partial charge is 0.225 e. The molecule has 0 aliphatic rings. The molecular weight excluding hydrogens is 150 g/mol. The van der Waals surface area contributed by atoms with Crippen molar-refractivity contribution in [1.29, 1.82) is 0 Å². The van der Waals surface area contributed by atoms with E-state index in [-0.39, 0.29) is 5.24 Å². The Morgan fingerprint density at radius 3 is 2.50 bits per heavy atom. The highest BCUT2D eigenvalue weighted by atomic mass is 35.5. The Labute approximate surface area is 66.5 Å². The molecule has 0 saturated heterocycles. The maximum absolute atomic E-state index is 10.2. The molecule has 0 rings (SSSR count). The zero-order chi connectivity index (χ0) is 7.98. The monoisotopic (exact) mass is 161 g/mol. The van der Waals surface area contributed by atoms with Crippen LogP contribution in [0.1, 0.15) is 6.42 Å². The van der Waals surface area contributed by atoms with E-state index in [1.54, 1.807) is 6.08 Å². The van der Waals surface area contributed by atoms with E-state index in [9.17, 15) is 4.79 Å². The molecule has 0 aliphatic heterocycles. The summed E-state index contributed by atoms with van der Waals surface area (Å²) in [6.07, 6.45) is 4.02.